The normalized spacial score (nSPS) is 12.0. The van der Waals surface area contributed by atoms with E-state index in [1.165, 1.54) is 24.2 Å². The molecule has 0 unspecified atom stereocenters. The molecule has 12 heavy (non-hydrogen) atoms. The molecule has 0 amide bonds. The maximum Gasteiger partial charge on any atom is 0.143 e. The molecule has 0 aliphatic carbocycles. The molecule has 0 heterocycles. The summed E-state index contributed by atoms with van der Waals surface area (Å²) in [5, 5.41) is 8.47. The summed E-state index contributed by atoms with van der Waals surface area (Å²) < 4.78 is 4.98. The van der Waals surface area contributed by atoms with E-state index in [0.29, 0.717) is 0 Å². The maximum absolute atomic E-state index is 8.47. The summed E-state index contributed by atoms with van der Waals surface area (Å²) in [5.74, 6) is 0. The largest absolute Gasteiger partial charge is 0.371 e. The zero-order chi connectivity index (χ0) is 9.45. The lowest BCUT2D eigenvalue weighted by atomic mass is 10.8. The molecule has 74 valence electrons. The first-order valence-corrected chi connectivity index (χ1v) is 7.76. The predicted octanol–water partition coefficient (Wildman–Crippen LogP) is 2.46. The molecule has 0 aliphatic rings. The number of ether oxygens (including phenoxy) is 1. The van der Waals surface area contributed by atoms with Crippen LogP contribution in [0, 0.1) is 0 Å². The van der Waals surface area contributed by atoms with Gasteiger partial charge in [0, 0.05) is 6.61 Å². The Morgan fingerprint density at radius 1 is 1.08 bits per heavy atom. The van der Waals surface area contributed by atoms with E-state index in [0.717, 1.165) is 6.61 Å². The Morgan fingerprint density at radius 2 is 1.58 bits per heavy atom. The second-order valence-electron chi connectivity index (χ2n) is 3.35. The van der Waals surface area contributed by atoms with Crippen LogP contribution in [0.25, 0.3) is 0 Å². The van der Waals surface area contributed by atoms with Crippen molar-refractivity contribution in [1.82, 2.24) is 0 Å². The van der Waals surface area contributed by atoms with Gasteiger partial charge in [-0.25, -0.2) is 0 Å². The second-order valence-corrected chi connectivity index (χ2v) is 8.97. The Labute approximate surface area is 76.9 Å². The first-order valence-electron chi connectivity index (χ1n) is 4.93. The van der Waals surface area contributed by atoms with Crippen LogP contribution < -0.4 is 0 Å². The highest BCUT2D eigenvalue weighted by Gasteiger charge is 2.25. The third-order valence-corrected chi connectivity index (χ3v) is 8.88. The fourth-order valence-corrected chi connectivity index (χ4v) is 4.77. The van der Waals surface area contributed by atoms with Crippen LogP contribution in [0.3, 0.4) is 0 Å². The van der Waals surface area contributed by atoms with Gasteiger partial charge < -0.3 is 9.84 Å². The van der Waals surface area contributed by atoms with Crippen molar-refractivity contribution in [2.45, 2.75) is 44.9 Å². The number of aliphatic hydroxyl groups excluding tert-OH is 1. The van der Waals surface area contributed by atoms with Crippen LogP contribution in [-0.2, 0) is 4.74 Å². The van der Waals surface area contributed by atoms with Crippen LogP contribution in [-0.4, -0.2) is 26.6 Å². The first-order chi connectivity index (χ1) is 5.74. The van der Waals surface area contributed by atoms with Crippen LogP contribution >= 0.6 is 0 Å². The molecule has 0 atom stereocenters. The lowest BCUT2D eigenvalue weighted by molar-refractivity contribution is 0.00494. The molecule has 3 heteroatoms. The summed E-state index contributed by atoms with van der Waals surface area (Å²) >= 11 is 0. The van der Waals surface area contributed by atoms with E-state index in [1.54, 1.807) is 0 Å². The van der Waals surface area contributed by atoms with Gasteiger partial charge in [0.05, 0.1) is 8.07 Å². The summed E-state index contributed by atoms with van der Waals surface area (Å²) in [5.41, 5.74) is 0. The Balaban J connectivity index is 3.76. The van der Waals surface area contributed by atoms with Gasteiger partial charge in [0.1, 0.15) is 6.79 Å². The molecular weight excluding hydrogens is 168 g/mol. The molecule has 0 rings (SSSR count). The van der Waals surface area contributed by atoms with Gasteiger partial charge in [0.15, 0.2) is 0 Å². The van der Waals surface area contributed by atoms with Crippen molar-refractivity contribution < 1.29 is 9.84 Å². The Kier molecular flexibility index (Phi) is 6.71. The molecule has 0 aromatic heterocycles. The van der Waals surface area contributed by atoms with Crippen LogP contribution in [0.1, 0.15) is 20.8 Å². The lowest BCUT2D eigenvalue weighted by Crippen LogP contribution is -2.32. The molecule has 2 nitrogen and oxygen atoms in total. The lowest BCUT2D eigenvalue weighted by Gasteiger charge is -2.27. The first kappa shape index (κ1) is 12.1. The van der Waals surface area contributed by atoms with Crippen molar-refractivity contribution in [3.63, 3.8) is 0 Å². The minimum atomic E-state index is -0.991. The summed E-state index contributed by atoms with van der Waals surface area (Å²) in [6.07, 6.45) is 0. The molecule has 0 saturated carbocycles. The van der Waals surface area contributed by atoms with Gasteiger partial charge >= 0.3 is 0 Å². The number of aliphatic hydroxyl groups is 1. The Morgan fingerprint density at radius 3 is 1.92 bits per heavy atom. The predicted molar refractivity (Wildman–Crippen MR) is 55.0 cm³/mol. The van der Waals surface area contributed by atoms with E-state index >= 15 is 0 Å². The molecule has 0 radical (unpaired) electrons. The Hall–Kier alpha value is 0.137. The highest BCUT2D eigenvalue weighted by atomic mass is 28.3. The van der Waals surface area contributed by atoms with Crippen molar-refractivity contribution >= 4 is 8.07 Å². The molecule has 0 aromatic carbocycles. The SMILES string of the molecule is CC[Si](CC)(CC)CCOCO. The van der Waals surface area contributed by atoms with Gasteiger partial charge in [-0.15, -0.1) is 0 Å². The van der Waals surface area contributed by atoms with E-state index in [1.807, 2.05) is 0 Å². The topological polar surface area (TPSA) is 29.5 Å². The van der Waals surface area contributed by atoms with Gasteiger partial charge in [-0.3, -0.25) is 0 Å². The van der Waals surface area contributed by atoms with Crippen molar-refractivity contribution in [3.05, 3.63) is 0 Å². The number of hydrogen-bond acceptors (Lipinski definition) is 2. The summed E-state index contributed by atoms with van der Waals surface area (Å²) in [6.45, 7) is 7.49. The van der Waals surface area contributed by atoms with E-state index in [2.05, 4.69) is 20.8 Å². The fraction of sp³-hybridized carbons (Fsp3) is 1.00. The standard InChI is InChI=1S/C9H22O2Si/c1-4-12(5-2,6-3)8-7-11-9-10/h10H,4-9H2,1-3H3. The summed E-state index contributed by atoms with van der Waals surface area (Å²) in [4.78, 5) is 0. The Bertz CT molecular complexity index is 94.4. The zero-order valence-corrected chi connectivity index (χ0v) is 9.60. The molecule has 0 saturated heterocycles. The van der Waals surface area contributed by atoms with Gasteiger partial charge in [0.25, 0.3) is 0 Å². The third-order valence-electron chi connectivity index (χ3n) is 3.12. The minimum Gasteiger partial charge on any atom is -0.371 e. The smallest absolute Gasteiger partial charge is 0.143 e. The summed E-state index contributed by atoms with van der Waals surface area (Å²) in [6, 6.07) is 5.23. The van der Waals surface area contributed by atoms with Crippen molar-refractivity contribution in [1.29, 1.82) is 0 Å². The minimum absolute atomic E-state index is 0.123. The van der Waals surface area contributed by atoms with Crippen molar-refractivity contribution in [2.24, 2.45) is 0 Å². The van der Waals surface area contributed by atoms with Gasteiger partial charge in [-0.05, 0) is 6.04 Å². The molecular formula is C9H22O2Si. The molecule has 0 spiro atoms. The molecule has 0 aromatic rings. The number of hydrogen-bond donors (Lipinski definition) is 1. The molecule has 1 N–H and O–H groups in total. The molecule has 0 aliphatic heterocycles. The van der Waals surface area contributed by atoms with Crippen LogP contribution in [0.4, 0.5) is 0 Å². The van der Waals surface area contributed by atoms with Crippen LogP contribution in [0.5, 0.6) is 0 Å². The van der Waals surface area contributed by atoms with Crippen molar-refractivity contribution in [3.8, 4) is 0 Å². The zero-order valence-electron chi connectivity index (χ0n) is 8.60. The maximum atomic E-state index is 8.47. The number of rotatable bonds is 7. The molecule has 0 fully saturated rings. The quantitative estimate of drug-likeness (QED) is 0.380. The highest BCUT2D eigenvalue weighted by Crippen LogP contribution is 2.24. The second kappa shape index (κ2) is 6.63. The monoisotopic (exact) mass is 190 g/mol. The highest BCUT2D eigenvalue weighted by molar-refractivity contribution is 6.79. The average molecular weight is 190 g/mol. The van der Waals surface area contributed by atoms with Crippen molar-refractivity contribution in [2.75, 3.05) is 13.4 Å². The fourth-order valence-electron chi connectivity index (χ4n) is 1.63. The van der Waals surface area contributed by atoms with Gasteiger partial charge in [-0.1, -0.05) is 38.9 Å². The summed E-state index contributed by atoms with van der Waals surface area (Å²) in [7, 11) is -0.991. The third kappa shape index (κ3) is 3.69. The van der Waals surface area contributed by atoms with Crippen LogP contribution in [0.15, 0.2) is 0 Å². The van der Waals surface area contributed by atoms with E-state index in [9.17, 15) is 0 Å². The van der Waals surface area contributed by atoms with E-state index in [4.69, 9.17) is 9.84 Å². The van der Waals surface area contributed by atoms with Gasteiger partial charge in [0.2, 0.25) is 0 Å². The van der Waals surface area contributed by atoms with Gasteiger partial charge in [-0.2, -0.15) is 0 Å². The average Bonchev–Trinajstić information content (AvgIpc) is 2.14. The van der Waals surface area contributed by atoms with E-state index < -0.39 is 8.07 Å². The van der Waals surface area contributed by atoms with E-state index in [-0.39, 0.29) is 6.79 Å². The van der Waals surface area contributed by atoms with Crippen LogP contribution in [0.2, 0.25) is 24.2 Å². The molecule has 0 bridgehead atoms.